The van der Waals surface area contributed by atoms with Gasteiger partial charge in [0.2, 0.25) is 0 Å². The standard InChI is InChI=1S/C16H24FNO/c1-4-18-16(14-7-12(3)19-10-14)9-13-8-15(17)6-5-11(13)2/h5-6,8,12,14,16,18H,4,7,9-10H2,1-3H3. The van der Waals surface area contributed by atoms with E-state index in [1.54, 1.807) is 6.07 Å². The monoisotopic (exact) mass is 265 g/mol. The van der Waals surface area contributed by atoms with Crippen LogP contribution in [0, 0.1) is 18.7 Å². The van der Waals surface area contributed by atoms with Crippen LogP contribution in [0.2, 0.25) is 0 Å². The van der Waals surface area contributed by atoms with Gasteiger partial charge in [0.05, 0.1) is 12.7 Å². The first-order valence-corrected chi connectivity index (χ1v) is 7.20. The molecule has 0 saturated carbocycles. The van der Waals surface area contributed by atoms with Gasteiger partial charge in [-0.25, -0.2) is 4.39 Å². The summed E-state index contributed by atoms with van der Waals surface area (Å²) in [5, 5.41) is 3.54. The number of likely N-dealkylation sites (N-methyl/N-ethyl adjacent to an activating group) is 1. The van der Waals surface area contributed by atoms with Gasteiger partial charge in [-0.15, -0.1) is 0 Å². The van der Waals surface area contributed by atoms with Crippen LogP contribution in [-0.2, 0) is 11.2 Å². The molecular weight excluding hydrogens is 241 g/mol. The highest BCUT2D eigenvalue weighted by molar-refractivity contribution is 5.27. The molecule has 1 aromatic rings. The molecule has 0 radical (unpaired) electrons. The van der Waals surface area contributed by atoms with E-state index in [9.17, 15) is 4.39 Å². The highest BCUT2D eigenvalue weighted by Gasteiger charge is 2.29. The lowest BCUT2D eigenvalue weighted by atomic mass is 9.90. The van der Waals surface area contributed by atoms with Gasteiger partial charge >= 0.3 is 0 Å². The summed E-state index contributed by atoms with van der Waals surface area (Å²) < 4.78 is 19.0. The number of halogens is 1. The third-order valence-corrected chi connectivity index (χ3v) is 4.02. The molecule has 1 aromatic carbocycles. The largest absolute Gasteiger partial charge is 0.378 e. The van der Waals surface area contributed by atoms with Crippen LogP contribution in [0.1, 0.15) is 31.4 Å². The molecule has 0 amide bonds. The second kappa shape index (κ2) is 6.49. The van der Waals surface area contributed by atoms with Crippen molar-refractivity contribution < 1.29 is 9.13 Å². The molecular formula is C16H24FNO. The summed E-state index contributed by atoms with van der Waals surface area (Å²) in [7, 11) is 0. The lowest BCUT2D eigenvalue weighted by Crippen LogP contribution is -2.38. The van der Waals surface area contributed by atoms with E-state index in [1.807, 2.05) is 13.0 Å². The van der Waals surface area contributed by atoms with Gasteiger partial charge < -0.3 is 10.1 Å². The molecule has 1 N–H and O–H groups in total. The van der Waals surface area contributed by atoms with Crippen molar-refractivity contribution in [2.24, 2.45) is 5.92 Å². The minimum atomic E-state index is -0.146. The van der Waals surface area contributed by atoms with Crippen LogP contribution in [0.4, 0.5) is 4.39 Å². The van der Waals surface area contributed by atoms with Gasteiger partial charge in [0, 0.05) is 12.0 Å². The van der Waals surface area contributed by atoms with Crippen LogP contribution in [0.25, 0.3) is 0 Å². The number of aryl methyl sites for hydroxylation is 1. The Bertz CT molecular complexity index is 421. The summed E-state index contributed by atoms with van der Waals surface area (Å²) in [5.41, 5.74) is 2.27. The van der Waals surface area contributed by atoms with E-state index in [-0.39, 0.29) is 5.82 Å². The first kappa shape index (κ1) is 14.5. The summed E-state index contributed by atoms with van der Waals surface area (Å²) >= 11 is 0. The zero-order valence-electron chi connectivity index (χ0n) is 12.1. The molecule has 3 heteroatoms. The quantitative estimate of drug-likeness (QED) is 0.883. The van der Waals surface area contributed by atoms with E-state index < -0.39 is 0 Å². The smallest absolute Gasteiger partial charge is 0.123 e. The van der Waals surface area contributed by atoms with Gasteiger partial charge in [-0.2, -0.15) is 0 Å². The summed E-state index contributed by atoms with van der Waals surface area (Å²) in [6.45, 7) is 8.03. The summed E-state index contributed by atoms with van der Waals surface area (Å²) in [4.78, 5) is 0. The molecule has 1 aliphatic heterocycles. The Balaban J connectivity index is 2.09. The molecule has 19 heavy (non-hydrogen) atoms. The summed E-state index contributed by atoms with van der Waals surface area (Å²) in [6, 6.07) is 5.43. The van der Waals surface area contributed by atoms with Gasteiger partial charge in [-0.05, 0) is 56.5 Å². The maximum Gasteiger partial charge on any atom is 0.123 e. The number of benzene rings is 1. The molecule has 0 bridgehead atoms. The van der Waals surface area contributed by atoms with E-state index in [0.717, 1.165) is 37.1 Å². The van der Waals surface area contributed by atoms with Crippen molar-refractivity contribution in [1.29, 1.82) is 0 Å². The van der Waals surface area contributed by atoms with E-state index in [2.05, 4.69) is 19.2 Å². The minimum Gasteiger partial charge on any atom is -0.378 e. The fourth-order valence-corrected chi connectivity index (χ4v) is 2.90. The normalized spacial score (nSPS) is 24.6. The van der Waals surface area contributed by atoms with Crippen LogP contribution in [0.15, 0.2) is 18.2 Å². The average Bonchev–Trinajstić information content (AvgIpc) is 2.80. The van der Waals surface area contributed by atoms with Crippen LogP contribution in [0.5, 0.6) is 0 Å². The van der Waals surface area contributed by atoms with E-state index in [1.165, 1.54) is 6.07 Å². The zero-order valence-corrected chi connectivity index (χ0v) is 12.1. The molecule has 3 unspecified atom stereocenters. The number of rotatable bonds is 5. The molecule has 0 aromatic heterocycles. The summed E-state index contributed by atoms with van der Waals surface area (Å²) in [6.07, 6.45) is 2.31. The van der Waals surface area contributed by atoms with Crippen LogP contribution in [-0.4, -0.2) is 25.3 Å². The van der Waals surface area contributed by atoms with Crippen molar-refractivity contribution in [3.05, 3.63) is 35.1 Å². The predicted octanol–water partition coefficient (Wildman–Crippen LogP) is 3.08. The Labute approximate surface area is 115 Å². The van der Waals surface area contributed by atoms with E-state index in [0.29, 0.717) is 18.1 Å². The Kier molecular flexibility index (Phi) is 4.94. The molecule has 2 nitrogen and oxygen atoms in total. The molecule has 2 rings (SSSR count). The number of hydrogen-bond acceptors (Lipinski definition) is 2. The molecule has 106 valence electrons. The molecule has 0 aliphatic carbocycles. The topological polar surface area (TPSA) is 21.3 Å². The lowest BCUT2D eigenvalue weighted by Gasteiger charge is -2.24. The lowest BCUT2D eigenvalue weighted by molar-refractivity contribution is 0.117. The van der Waals surface area contributed by atoms with Crippen molar-refractivity contribution in [1.82, 2.24) is 5.32 Å². The number of nitrogens with one attached hydrogen (secondary N) is 1. The Morgan fingerprint density at radius 3 is 2.89 bits per heavy atom. The fraction of sp³-hybridized carbons (Fsp3) is 0.625. The van der Waals surface area contributed by atoms with Crippen molar-refractivity contribution in [3.63, 3.8) is 0 Å². The van der Waals surface area contributed by atoms with Crippen molar-refractivity contribution >= 4 is 0 Å². The van der Waals surface area contributed by atoms with Crippen LogP contribution < -0.4 is 5.32 Å². The average molecular weight is 265 g/mol. The summed E-state index contributed by atoms with van der Waals surface area (Å²) in [5.74, 6) is 0.379. The van der Waals surface area contributed by atoms with Gasteiger partial charge in [0.1, 0.15) is 5.82 Å². The highest BCUT2D eigenvalue weighted by atomic mass is 19.1. The molecule has 1 heterocycles. The van der Waals surface area contributed by atoms with Crippen molar-refractivity contribution in [2.45, 2.75) is 45.8 Å². The third kappa shape index (κ3) is 3.77. The second-order valence-electron chi connectivity index (χ2n) is 5.58. The Morgan fingerprint density at radius 2 is 2.26 bits per heavy atom. The predicted molar refractivity (Wildman–Crippen MR) is 75.8 cm³/mol. The maximum absolute atomic E-state index is 13.4. The minimum absolute atomic E-state index is 0.146. The first-order valence-electron chi connectivity index (χ1n) is 7.20. The first-order chi connectivity index (χ1) is 9.10. The number of ether oxygens (including phenoxy) is 1. The van der Waals surface area contributed by atoms with Gasteiger partial charge in [0.15, 0.2) is 0 Å². The van der Waals surface area contributed by atoms with E-state index in [4.69, 9.17) is 4.74 Å². The molecule has 1 aliphatic rings. The van der Waals surface area contributed by atoms with Gasteiger partial charge in [0.25, 0.3) is 0 Å². The zero-order chi connectivity index (χ0) is 13.8. The Hall–Kier alpha value is -0.930. The van der Waals surface area contributed by atoms with Gasteiger partial charge in [-0.1, -0.05) is 13.0 Å². The molecule has 1 fully saturated rings. The Morgan fingerprint density at radius 1 is 1.47 bits per heavy atom. The SMILES string of the molecule is CCNC(Cc1cc(F)ccc1C)C1COC(C)C1. The molecule has 1 saturated heterocycles. The highest BCUT2D eigenvalue weighted by Crippen LogP contribution is 2.25. The molecule has 3 atom stereocenters. The van der Waals surface area contributed by atoms with Crippen molar-refractivity contribution in [3.8, 4) is 0 Å². The number of hydrogen-bond donors (Lipinski definition) is 1. The van der Waals surface area contributed by atoms with Crippen LogP contribution >= 0.6 is 0 Å². The fourth-order valence-electron chi connectivity index (χ4n) is 2.90. The maximum atomic E-state index is 13.4. The van der Waals surface area contributed by atoms with E-state index >= 15 is 0 Å². The van der Waals surface area contributed by atoms with Crippen molar-refractivity contribution in [2.75, 3.05) is 13.2 Å². The van der Waals surface area contributed by atoms with Gasteiger partial charge in [-0.3, -0.25) is 0 Å². The van der Waals surface area contributed by atoms with Crippen LogP contribution in [0.3, 0.4) is 0 Å². The second-order valence-corrected chi connectivity index (χ2v) is 5.58. The third-order valence-electron chi connectivity index (χ3n) is 4.02. The molecule has 0 spiro atoms.